The van der Waals surface area contributed by atoms with E-state index in [-0.39, 0.29) is 12.1 Å². The van der Waals surface area contributed by atoms with Crippen LogP contribution in [0.25, 0.3) is 0 Å². The number of benzene rings is 1. The molecule has 0 aliphatic rings. The molecule has 0 saturated carbocycles. The summed E-state index contributed by atoms with van der Waals surface area (Å²) in [6.07, 6.45) is 3.02. The summed E-state index contributed by atoms with van der Waals surface area (Å²) >= 11 is 3.42. The zero-order valence-electron chi connectivity index (χ0n) is 13.9. The SMILES string of the molecule is CCOc1c(Br)cc(/C=N\NC(=O)Cn2ccccc2=O)cc1OC. The topological polar surface area (TPSA) is 81.9 Å². The summed E-state index contributed by atoms with van der Waals surface area (Å²) in [5, 5.41) is 3.90. The molecule has 2 rings (SSSR count). The average molecular weight is 408 g/mol. The van der Waals surface area contributed by atoms with Gasteiger partial charge >= 0.3 is 0 Å². The Hall–Kier alpha value is -2.61. The van der Waals surface area contributed by atoms with Crippen LogP contribution in [0.15, 0.2) is 50.9 Å². The summed E-state index contributed by atoms with van der Waals surface area (Å²) < 4.78 is 12.8. The van der Waals surface area contributed by atoms with E-state index in [9.17, 15) is 9.59 Å². The van der Waals surface area contributed by atoms with Crippen molar-refractivity contribution >= 4 is 28.1 Å². The molecule has 1 heterocycles. The number of pyridine rings is 1. The molecule has 0 unspecified atom stereocenters. The van der Waals surface area contributed by atoms with Crippen molar-refractivity contribution in [1.29, 1.82) is 0 Å². The molecular weight excluding hydrogens is 390 g/mol. The highest BCUT2D eigenvalue weighted by atomic mass is 79.9. The average Bonchev–Trinajstić information content (AvgIpc) is 2.59. The van der Waals surface area contributed by atoms with Crippen molar-refractivity contribution in [3.05, 3.63) is 56.9 Å². The maximum Gasteiger partial charge on any atom is 0.260 e. The third-order valence-electron chi connectivity index (χ3n) is 3.16. The van der Waals surface area contributed by atoms with Crippen molar-refractivity contribution in [1.82, 2.24) is 9.99 Å². The lowest BCUT2D eigenvalue weighted by molar-refractivity contribution is -0.121. The Morgan fingerprint density at radius 3 is 2.88 bits per heavy atom. The molecule has 0 bridgehead atoms. The van der Waals surface area contributed by atoms with Crippen LogP contribution in [0.5, 0.6) is 11.5 Å². The Morgan fingerprint density at radius 2 is 2.20 bits per heavy atom. The van der Waals surface area contributed by atoms with E-state index < -0.39 is 5.91 Å². The molecule has 0 aliphatic carbocycles. The van der Waals surface area contributed by atoms with Gasteiger partial charge in [0.25, 0.3) is 11.5 Å². The summed E-state index contributed by atoms with van der Waals surface area (Å²) in [4.78, 5) is 23.4. The molecule has 0 fully saturated rings. The molecule has 1 aromatic heterocycles. The van der Waals surface area contributed by atoms with Gasteiger partial charge in [-0.2, -0.15) is 5.10 Å². The van der Waals surface area contributed by atoms with Crippen LogP contribution in [-0.4, -0.2) is 30.4 Å². The Balaban J connectivity index is 2.04. The first-order chi connectivity index (χ1) is 12.0. The highest BCUT2D eigenvalue weighted by molar-refractivity contribution is 9.10. The minimum atomic E-state index is -0.401. The third-order valence-corrected chi connectivity index (χ3v) is 3.75. The van der Waals surface area contributed by atoms with Crippen LogP contribution in [0.1, 0.15) is 12.5 Å². The molecule has 1 aromatic carbocycles. The lowest BCUT2D eigenvalue weighted by Gasteiger charge is -2.12. The predicted molar refractivity (Wildman–Crippen MR) is 98.3 cm³/mol. The lowest BCUT2D eigenvalue weighted by Crippen LogP contribution is -2.28. The maximum atomic E-state index is 11.8. The first kappa shape index (κ1) is 18.7. The molecule has 8 heteroatoms. The molecule has 0 aliphatic heterocycles. The van der Waals surface area contributed by atoms with Crippen LogP contribution >= 0.6 is 15.9 Å². The van der Waals surface area contributed by atoms with E-state index in [0.717, 1.165) is 4.47 Å². The van der Waals surface area contributed by atoms with E-state index in [1.54, 1.807) is 37.6 Å². The van der Waals surface area contributed by atoms with Gasteiger partial charge in [0.15, 0.2) is 11.5 Å². The summed E-state index contributed by atoms with van der Waals surface area (Å²) in [7, 11) is 1.55. The van der Waals surface area contributed by atoms with E-state index in [2.05, 4.69) is 26.5 Å². The standard InChI is InChI=1S/C17H18BrN3O4/c1-3-25-17-13(18)8-12(9-14(17)24-2)10-19-20-15(22)11-21-7-5-4-6-16(21)23/h4-10H,3,11H2,1-2H3,(H,20,22)/b19-10-. The molecule has 0 radical (unpaired) electrons. The minimum absolute atomic E-state index is 0.104. The number of halogens is 1. The van der Waals surface area contributed by atoms with Gasteiger partial charge in [-0.25, -0.2) is 5.43 Å². The Morgan fingerprint density at radius 1 is 1.40 bits per heavy atom. The first-order valence-corrected chi connectivity index (χ1v) is 8.32. The third kappa shape index (κ3) is 5.18. The molecule has 7 nitrogen and oxygen atoms in total. The summed E-state index contributed by atoms with van der Waals surface area (Å²) in [5.41, 5.74) is 2.85. The molecular formula is C17H18BrN3O4. The molecule has 0 spiro atoms. The van der Waals surface area contributed by atoms with Crippen molar-refractivity contribution in [2.24, 2.45) is 5.10 Å². The maximum absolute atomic E-state index is 11.8. The van der Waals surface area contributed by atoms with E-state index in [1.165, 1.54) is 16.8 Å². The zero-order valence-corrected chi connectivity index (χ0v) is 15.4. The van der Waals surface area contributed by atoms with Crippen molar-refractivity contribution < 1.29 is 14.3 Å². The van der Waals surface area contributed by atoms with Gasteiger partial charge in [0.05, 0.1) is 24.4 Å². The number of ether oxygens (including phenoxy) is 2. The highest BCUT2D eigenvalue weighted by Gasteiger charge is 2.10. The summed E-state index contributed by atoms with van der Waals surface area (Å²) in [6, 6.07) is 8.23. The quantitative estimate of drug-likeness (QED) is 0.563. The summed E-state index contributed by atoms with van der Waals surface area (Å²) in [5.74, 6) is 0.760. The fourth-order valence-corrected chi connectivity index (χ4v) is 2.63. The van der Waals surface area contributed by atoms with Gasteiger partial charge in [-0.05, 0) is 46.6 Å². The first-order valence-electron chi connectivity index (χ1n) is 7.52. The Bertz CT molecular complexity index is 833. The second-order valence-corrected chi connectivity index (χ2v) is 5.78. The molecule has 0 atom stereocenters. The van der Waals surface area contributed by atoms with Crippen molar-refractivity contribution in [2.45, 2.75) is 13.5 Å². The molecule has 25 heavy (non-hydrogen) atoms. The van der Waals surface area contributed by atoms with Crippen LogP contribution in [0.2, 0.25) is 0 Å². The summed E-state index contributed by atoms with van der Waals surface area (Å²) in [6.45, 7) is 2.29. The van der Waals surface area contributed by atoms with Gasteiger partial charge in [-0.15, -0.1) is 0 Å². The van der Waals surface area contributed by atoms with Gasteiger partial charge in [-0.3, -0.25) is 9.59 Å². The number of hydrogen-bond donors (Lipinski definition) is 1. The van der Waals surface area contributed by atoms with Gasteiger partial charge < -0.3 is 14.0 Å². The van der Waals surface area contributed by atoms with Gasteiger partial charge in [-0.1, -0.05) is 6.07 Å². The lowest BCUT2D eigenvalue weighted by atomic mass is 10.2. The number of methoxy groups -OCH3 is 1. The van der Waals surface area contributed by atoms with Crippen LogP contribution in [-0.2, 0) is 11.3 Å². The van der Waals surface area contributed by atoms with E-state index in [1.807, 2.05) is 6.92 Å². The van der Waals surface area contributed by atoms with E-state index >= 15 is 0 Å². The second kappa shape index (κ2) is 9.03. The van der Waals surface area contributed by atoms with Gasteiger partial charge in [0.2, 0.25) is 0 Å². The zero-order chi connectivity index (χ0) is 18.2. The molecule has 1 N–H and O–H groups in total. The van der Waals surface area contributed by atoms with E-state index in [4.69, 9.17) is 9.47 Å². The molecule has 2 aromatic rings. The second-order valence-electron chi connectivity index (χ2n) is 4.93. The number of amides is 1. The van der Waals surface area contributed by atoms with Crippen molar-refractivity contribution in [3.8, 4) is 11.5 Å². The van der Waals surface area contributed by atoms with Crippen LogP contribution in [0.3, 0.4) is 0 Å². The number of carbonyl (C=O) groups excluding carboxylic acids is 1. The Kier molecular flexibility index (Phi) is 6.76. The van der Waals surface area contributed by atoms with E-state index in [0.29, 0.717) is 23.7 Å². The monoisotopic (exact) mass is 407 g/mol. The fourth-order valence-electron chi connectivity index (χ4n) is 2.06. The minimum Gasteiger partial charge on any atom is -0.493 e. The highest BCUT2D eigenvalue weighted by Crippen LogP contribution is 2.36. The molecule has 0 saturated heterocycles. The fraction of sp³-hybridized carbons (Fsp3) is 0.235. The van der Waals surface area contributed by atoms with Crippen molar-refractivity contribution in [3.63, 3.8) is 0 Å². The smallest absolute Gasteiger partial charge is 0.260 e. The predicted octanol–water partition coefficient (Wildman–Crippen LogP) is 2.17. The van der Waals surface area contributed by atoms with Crippen LogP contribution < -0.4 is 20.5 Å². The number of nitrogens with one attached hydrogen (secondary N) is 1. The number of rotatable bonds is 7. The molecule has 132 valence electrons. The number of nitrogens with zero attached hydrogens (tertiary/aromatic N) is 2. The number of hydrazone groups is 1. The number of carbonyl (C=O) groups is 1. The molecule has 1 amide bonds. The number of hydrogen-bond acceptors (Lipinski definition) is 5. The van der Waals surface area contributed by atoms with Crippen molar-refractivity contribution in [2.75, 3.05) is 13.7 Å². The van der Waals surface area contributed by atoms with Gasteiger partial charge in [0.1, 0.15) is 6.54 Å². The van der Waals surface area contributed by atoms with Crippen LogP contribution in [0.4, 0.5) is 0 Å². The van der Waals surface area contributed by atoms with Gasteiger partial charge in [0, 0.05) is 12.3 Å². The van der Waals surface area contributed by atoms with Crippen LogP contribution in [0, 0.1) is 0 Å². The normalized spacial score (nSPS) is 10.7. The number of aromatic nitrogens is 1. The largest absolute Gasteiger partial charge is 0.493 e. The Labute approximate surface area is 153 Å².